The molecule has 2 N–H and O–H groups in total. The van der Waals surface area contributed by atoms with Crippen molar-refractivity contribution < 1.29 is 4.74 Å². The number of rotatable bonds is 7. The van der Waals surface area contributed by atoms with Crippen molar-refractivity contribution >= 4 is 5.96 Å². The first-order valence-electron chi connectivity index (χ1n) is 9.66. The van der Waals surface area contributed by atoms with E-state index in [9.17, 15) is 0 Å². The number of nitrogens with one attached hydrogen (secondary N) is 2. The van der Waals surface area contributed by atoms with Crippen LogP contribution in [0.15, 0.2) is 4.99 Å². The molecule has 0 spiro atoms. The van der Waals surface area contributed by atoms with E-state index in [4.69, 9.17) is 9.73 Å². The van der Waals surface area contributed by atoms with Crippen molar-refractivity contribution in [3.05, 3.63) is 0 Å². The molecule has 0 aromatic heterocycles. The van der Waals surface area contributed by atoms with E-state index in [0.29, 0.717) is 0 Å². The maximum atomic E-state index is 5.55. The van der Waals surface area contributed by atoms with Crippen LogP contribution in [0, 0.1) is 0 Å². The molecule has 0 radical (unpaired) electrons. The zero-order valence-corrected chi connectivity index (χ0v) is 15.9. The van der Waals surface area contributed by atoms with E-state index in [1.54, 1.807) is 0 Å². The standard InChI is InChI=1S/C18H37N5O/c1-4-19-17(20-10-13-23-11-6-5-7-12-23)21-16-18(22(2)3)8-14-24-15-9-18/h4-16H2,1-3H3,(H2,19,20,21). The predicted molar refractivity (Wildman–Crippen MR) is 101 cm³/mol. The number of nitrogens with zero attached hydrogens (tertiary/aromatic N) is 3. The van der Waals surface area contributed by atoms with Crippen molar-refractivity contribution in [1.82, 2.24) is 20.4 Å². The molecule has 0 saturated carbocycles. The molecule has 0 atom stereocenters. The number of aliphatic imine (C=N–C) groups is 1. The maximum absolute atomic E-state index is 5.55. The van der Waals surface area contributed by atoms with Crippen molar-refractivity contribution in [2.75, 3.05) is 66.6 Å². The first-order chi connectivity index (χ1) is 11.7. The van der Waals surface area contributed by atoms with Gasteiger partial charge in [0, 0.05) is 38.4 Å². The van der Waals surface area contributed by atoms with E-state index in [1.807, 2.05) is 0 Å². The Kier molecular flexibility index (Phi) is 8.29. The first kappa shape index (κ1) is 19.5. The van der Waals surface area contributed by atoms with Crippen molar-refractivity contribution in [3.63, 3.8) is 0 Å². The summed E-state index contributed by atoms with van der Waals surface area (Å²) in [7, 11) is 4.33. The van der Waals surface area contributed by atoms with Gasteiger partial charge in [-0.2, -0.15) is 0 Å². The van der Waals surface area contributed by atoms with Gasteiger partial charge in [-0.15, -0.1) is 0 Å². The zero-order valence-electron chi connectivity index (χ0n) is 15.9. The molecule has 2 heterocycles. The van der Waals surface area contributed by atoms with E-state index in [-0.39, 0.29) is 5.54 Å². The lowest BCUT2D eigenvalue weighted by molar-refractivity contribution is -0.00254. The van der Waals surface area contributed by atoms with Crippen LogP contribution in [0.3, 0.4) is 0 Å². The number of hydrogen-bond donors (Lipinski definition) is 2. The normalized spacial score (nSPS) is 22.6. The number of ether oxygens (including phenoxy) is 1. The Morgan fingerprint density at radius 3 is 2.46 bits per heavy atom. The molecule has 0 amide bonds. The highest BCUT2D eigenvalue weighted by atomic mass is 16.5. The van der Waals surface area contributed by atoms with E-state index >= 15 is 0 Å². The monoisotopic (exact) mass is 339 g/mol. The molecule has 0 aromatic rings. The van der Waals surface area contributed by atoms with Gasteiger partial charge in [-0.3, -0.25) is 4.99 Å². The van der Waals surface area contributed by atoms with Crippen molar-refractivity contribution in [2.24, 2.45) is 4.99 Å². The van der Waals surface area contributed by atoms with Gasteiger partial charge in [0.05, 0.1) is 6.54 Å². The second-order valence-electron chi connectivity index (χ2n) is 7.26. The Morgan fingerprint density at radius 1 is 1.12 bits per heavy atom. The molecule has 2 rings (SSSR count). The second-order valence-corrected chi connectivity index (χ2v) is 7.26. The SMILES string of the molecule is CCNC(=NCC1(N(C)C)CCOCC1)NCCN1CCCCC1. The highest BCUT2D eigenvalue weighted by Gasteiger charge is 2.34. The summed E-state index contributed by atoms with van der Waals surface area (Å²) >= 11 is 0. The van der Waals surface area contributed by atoms with E-state index < -0.39 is 0 Å². The molecule has 2 saturated heterocycles. The Hall–Kier alpha value is -0.850. The Balaban J connectivity index is 1.84. The fraction of sp³-hybridized carbons (Fsp3) is 0.944. The van der Waals surface area contributed by atoms with Crippen LogP contribution in [0.4, 0.5) is 0 Å². The number of piperidine rings is 1. The molecule has 140 valence electrons. The quantitative estimate of drug-likeness (QED) is 0.538. The summed E-state index contributed by atoms with van der Waals surface area (Å²) in [6, 6.07) is 0. The van der Waals surface area contributed by atoms with Gasteiger partial charge >= 0.3 is 0 Å². The molecule has 24 heavy (non-hydrogen) atoms. The highest BCUT2D eigenvalue weighted by molar-refractivity contribution is 5.79. The van der Waals surface area contributed by atoms with Crippen molar-refractivity contribution in [1.29, 1.82) is 0 Å². The van der Waals surface area contributed by atoms with Crippen molar-refractivity contribution in [2.45, 2.75) is 44.6 Å². The molecule has 0 aromatic carbocycles. The summed E-state index contributed by atoms with van der Waals surface area (Å²) in [5, 5.41) is 6.90. The lowest BCUT2D eigenvalue weighted by Crippen LogP contribution is -2.52. The average Bonchev–Trinajstić information content (AvgIpc) is 2.61. The summed E-state index contributed by atoms with van der Waals surface area (Å²) < 4.78 is 5.55. The molecule has 2 aliphatic heterocycles. The third kappa shape index (κ3) is 5.90. The van der Waals surface area contributed by atoms with E-state index in [1.165, 1.54) is 32.4 Å². The topological polar surface area (TPSA) is 52.1 Å². The third-order valence-electron chi connectivity index (χ3n) is 5.42. The highest BCUT2D eigenvalue weighted by Crippen LogP contribution is 2.26. The minimum absolute atomic E-state index is 0.132. The fourth-order valence-corrected chi connectivity index (χ4v) is 3.58. The van der Waals surface area contributed by atoms with Crippen LogP contribution in [-0.4, -0.2) is 87.9 Å². The molecule has 2 fully saturated rings. The van der Waals surface area contributed by atoms with Gasteiger partial charge in [-0.05, 0) is 59.8 Å². The smallest absolute Gasteiger partial charge is 0.191 e. The third-order valence-corrected chi connectivity index (χ3v) is 5.42. The van der Waals surface area contributed by atoms with E-state index in [2.05, 4.69) is 41.5 Å². The van der Waals surface area contributed by atoms with Crippen LogP contribution in [0.25, 0.3) is 0 Å². The summed E-state index contributed by atoms with van der Waals surface area (Å²) in [5.41, 5.74) is 0.132. The molecule has 0 unspecified atom stereocenters. The van der Waals surface area contributed by atoms with Crippen LogP contribution in [-0.2, 0) is 4.74 Å². The van der Waals surface area contributed by atoms with Crippen LogP contribution in [0.5, 0.6) is 0 Å². The number of likely N-dealkylation sites (N-methyl/N-ethyl adjacent to an activating group) is 1. The molecule has 0 bridgehead atoms. The molecule has 6 nitrogen and oxygen atoms in total. The summed E-state index contributed by atoms with van der Waals surface area (Å²) in [5.74, 6) is 0.947. The Morgan fingerprint density at radius 2 is 1.83 bits per heavy atom. The fourth-order valence-electron chi connectivity index (χ4n) is 3.58. The van der Waals surface area contributed by atoms with Gasteiger partial charge in [0.1, 0.15) is 0 Å². The summed E-state index contributed by atoms with van der Waals surface area (Å²) in [6.07, 6.45) is 6.20. The number of hydrogen-bond acceptors (Lipinski definition) is 4. The molecule has 2 aliphatic rings. The summed E-state index contributed by atoms with van der Waals surface area (Å²) in [6.45, 7) is 10.1. The molecule has 6 heteroatoms. The van der Waals surface area contributed by atoms with Crippen LogP contribution >= 0.6 is 0 Å². The number of guanidine groups is 1. The largest absolute Gasteiger partial charge is 0.381 e. The van der Waals surface area contributed by atoms with Gasteiger partial charge in [-0.1, -0.05) is 6.42 Å². The van der Waals surface area contributed by atoms with Crippen LogP contribution in [0.1, 0.15) is 39.0 Å². The lowest BCUT2D eigenvalue weighted by Gasteiger charge is -2.41. The van der Waals surface area contributed by atoms with Gasteiger partial charge in [0.2, 0.25) is 0 Å². The average molecular weight is 340 g/mol. The van der Waals surface area contributed by atoms with Gasteiger partial charge < -0.3 is 25.2 Å². The lowest BCUT2D eigenvalue weighted by atomic mass is 9.89. The predicted octanol–water partition coefficient (Wildman–Crippen LogP) is 1.14. The van der Waals surface area contributed by atoms with Crippen molar-refractivity contribution in [3.8, 4) is 0 Å². The van der Waals surface area contributed by atoms with Gasteiger partial charge in [0.25, 0.3) is 0 Å². The molecule has 0 aliphatic carbocycles. The van der Waals surface area contributed by atoms with Gasteiger partial charge in [0.15, 0.2) is 5.96 Å². The minimum atomic E-state index is 0.132. The second kappa shape index (κ2) is 10.2. The zero-order chi connectivity index (χ0) is 17.3. The Labute approximate surface area is 148 Å². The summed E-state index contributed by atoms with van der Waals surface area (Å²) in [4.78, 5) is 9.78. The number of likely N-dealkylation sites (tertiary alicyclic amines) is 1. The first-order valence-corrected chi connectivity index (χ1v) is 9.66. The van der Waals surface area contributed by atoms with Crippen LogP contribution < -0.4 is 10.6 Å². The van der Waals surface area contributed by atoms with Crippen LogP contribution in [0.2, 0.25) is 0 Å². The van der Waals surface area contributed by atoms with Gasteiger partial charge in [-0.25, -0.2) is 0 Å². The maximum Gasteiger partial charge on any atom is 0.191 e. The Bertz CT molecular complexity index is 374. The molecular weight excluding hydrogens is 302 g/mol. The minimum Gasteiger partial charge on any atom is -0.381 e. The van der Waals surface area contributed by atoms with E-state index in [0.717, 1.165) is 58.2 Å². The molecular formula is C18H37N5O.